The van der Waals surface area contributed by atoms with Crippen LogP contribution in [0.1, 0.15) is 20.0 Å². The van der Waals surface area contributed by atoms with Crippen molar-refractivity contribution in [2.45, 2.75) is 0 Å². The standard InChI is InChI=1S/C19H12ClN3O3S2/c1-26-19(25)17-15(9-16(27-17)10-2-5-12(20)6-3-10)21-18(24)11-4-7-13-14(8-11)23-28-22-13/h2-9H,1H3,(H,21,24). The minimum Gasteiger partial charge on any atom is -0.465 e. The van der Waals surface area contributed by atoms with Crippen molar-refractivity contribution in [2.24, 2.45) is 0 Å². The molecule has 4 rings (SSSR count). The Morgan fingerprint density at radius 3 is 2.54 bits per heavy atom. The minimum atomic E-state index is -0.514. The Morgan fingerprint density at radius 2 is 1.79 bits per heavy atom. The van der Waals surface area contributed by atoms with Gasteiger partial charge in [-0.2, -0.15) is 8.75 Å². The number of halogens is 1. The number of nitrogens with one attached hydrogen (secondary N) is 1. The lowest BCUT2D eigenvalue weighted by molar-refractivity contribution is 0.0607. The number of hydrogen-bond acceptors (Lipinski definition) is 7. The molecule has 9 heteroatoms. The number of amides is 1. The summed E-state index contributed by atoms with van der Waals surface area (Å²) in [4.78, 5) is 26.0. The fraction of sp³-hybridized carbons (Fsp3) is 0.0526. The van der Waals surface area contributed by atoms with Gasteiger partial charge in [0.25, 0.3) is 5.91 Å². The van der Waals surface area contributed by atoms with E-state index in [0.717, 1.165) is 27.7 Å². The van der Waals surface area contributed by atoms with Crippen LogP contribution < -0.4 is 5.32 Å². The maximum atomic E-state index is 12.7. The molecule has 0 unspecified atom stereocenters. The number of ether oxygens (including phenoxy) is 1. The predicted molar refractivity (Wildman–Crippen MR) is 111 cm³/mol. The van der Waals surface area contributed by atoms with E-state index in [9.17, 15) is 9.59 Å². The van der Waals surface area contributed by atoms with Gasteiger partial charge in [0, 0.05) is 15.5 Å². The van der Waals surface area contributed by atoms with E-state index in [4.69, 9.17) is 16.3 Å². The largest absolute Gasteiger partial charge is 0.465 e. The van der Waals surface area contributed by atoms with Crippen molar-refractivity contribution in [3.05, 3.63) is 64.0 Å². The van der Waals surface area contributed by atoms with Crippen molar-refractivity contribution < 1.29 is 14.3 Å². The predicted octanol–water partition coefficient (Wildman–Crippen LogP) is 5.11. The molecule has 0 aliphatic rings. The highest BCUT2D eigenvalue weighted by Gasteiger charge is 2.20. The van der Waals surface area contributed by atoms with E-state index in [1.54, 1.807) is 36.4 Å². The second-order valence-corrected chi connectivity index (χ2v) is 7.79. The summed E-state index contributed by atoms with van der Waals surface area (Å²) < 4.78 is 13.1. The van der Waals surface area contributed by atoms with Crippen LogP contribution in [0.15, 0.2) is 48.5 Å². The topological polar surface area (TPSA) is 81.2 Å². The highest BCUT2D eigenvalue weighted by Crippen LogP contribution is 2.36. The Morgan fingerprint density at radius 1 is 1.04 bits per heavy atom. The first-order valence-corrected chi connectivity index (χ1v) is 9.99. The van der Waals surface area contributed by atoms with E-state index in [1.165, 1.54) is 18.4 Å². The Balaban J connectivity index is 1.67. The first kappa shape index (κ1) is 18.5. The number of methoxy groups -OCH3 is 1. The van der Waals surface area contributed by atoms with E-state index in [0.29, 0.717) is 26.7 Å². The summed E-state index contributed by atoms with van der Waals surface area (Å²) in [6, 6.07) is 14.1. The molecule has 1 N–H and O–H groups in total. The van der Waals surface area contributed by atoms with Gasteiger partial charge in [0.15, 0.2) is 0 Å². The summed E-state index contributed by atoms with van der Waals surface area (Å²) in [7, 11) is 1.30. The zero-order chi connectivity index (χ0) is 19.7. The number of benzene rings is 2. The van der Waals surface area contributed by atoms with E-state index >= 15 is 0 Å². The number of carbonyl (C=O) groups excluding carboxylic acids is 2. The summed E-state index contributed by atoms with van der Waals surface area (Å²) in [5, 5.41) is 3.42. The van der Waals surface area contributed by atoms with Crippen molar-refractivity contribution in [3.63, 3.8) is 0 Å². The van der Waals surface area contributed by atoms with Gasteiger partial charge in [-0.1, -0.05) is 23.7 Å². The zero-order valence-corrected chi connectivity index (χ0v) is 16.8. The van der Waals surface area contributed by atoms with Gasteiger partial charge in [0.1, 0.15) is 15.9 Å². The molecule has 1 amide bonds. The average molecular weight is 430 g/mol. The molecule has 2 aromatic carbocycles. The van der Waals surface area contributed by atoms with Crippen molar-refractivity contribution in [2.75, 3.05) is 12.4 Å². The SMILES string of the molecule is COC(=O)c1sc(-c2ccc(Cl)cc2)cc1NC(=O)c1ccc2nsnc2c1. The van der Waals surface area contributed by atoms with Crippen LogP contribution in [0.5, 0.6) is 0 Å². The quantitative estimate of drug-likeness (QED) is 0.456. The summed E-state index contributed by atoms with van der Waals surface area (Å²) in [6.07, 6.45) is 0. The number of thiophene rings is 1. The molecule has 0 saturated carbocycles. The van der Waals surface area contributed by atoms with Gasteiger partial charge in [-0.15, -0.1) is 11.3 Å². The molecule has 0 atom stereocenters. The van der Waals surface area contributed by atoms with E-state index < -0.39 is 5.97 Å². The first-order valence-electron chi connectivity index (χ1n) is 8.07. The van der Waals surface area contributed by atoms with E-state index in [1.807, 2.05) is 12.1 Å². The second kappa shape index (κ2) is 7.67. The van der Waals surface area contributed by atoms with Crippen LogP contribution in [-0.2, 0) is 4.74 Å². The fourth-order valence-corrected chi connectivity index (χ4v) is 4.28. The molecule has 28 heavy (non-hydrogen) atoms. The zero-order valence-electron chi connectivity index (χ0n) is 14.4. The Hall–Kier alpha value is -2.81. The Kier molecular flexibility index (Phi) is 5.08. The smallest absolute Gasteiger partial charge is 0.350 e. The number of fused-ring (bicyclic) bond motifs is 1. The van der Waals surface area contributed by atoms with E-state index in [-0.39, 0.29) is 5.91 Å². The summed E-state index contributed by atoms with van der Waals surface area (Å²) in [5.74, 6) is -0.861. The molecule has 0 fully saturated rings. The minimum absolute atomic E-state index is 0.317. The molecule has 0 radical (unpaired) electrons. The lowest BCUT2D eigenvalue weighted by atomic mass is 10.1. The Labute approximate surface area is 173 Å². The van der Waals surface area contributed by atoms with Crippen molar-refractivity contribution in [3.8, 4) is 10.4 Å². The van der Waals surface area contributed by atoms with Crippen LogP contribution in [0.3, 0.4) is 0 Å². The molecule has 0 bridgehead atoms. The van der Waals surface area contributed by atoms with E-state index in [2.05, 4.69) is 14.1 Å². The van der Waals surface area contributed by atoms with Gasteiger partial charge < -0.3 is 10.1 Å². The average Bonchev–Trinajstić information content (AvgIpc) is 3.34. The normalized spacial score (nSPS) is 10.8. The van der Waals surface area contributed by atoms with Gasteiger partial charge in [-0.25, -0.2) is 4.79 Å². The van der Waals surface area contributed by atoms with Crippen LogP contribution >= 0.6 is 34.7 Å². The first-order chi connectivity index (χ1) is 13.5. The molecule has 0 aliphatic heterocycles. The third kappa shape index (κ3) is 3.62. The van der Waals surface area contributed by atoms with Crippen LogP contribution in [0.25, 0.3) is 21.5 Å². The third-order valence-electron chi connectivity index (χ3n) is 4.00. The fourth-order valence-electron chi connectivity index (χ4n) is 2.60. The summed E-state index contributed by atoms with van der Waals surface area (Å²) >= 11 is 8.27. The lowest BCUT2D eigenvalue weighted by Crippen LogP contribution is -2.13. The number of carbonyl (C=O) groups is 2. The number of esters is 1. The van der Waals surface area contributed by atoms with Crippen LogP contribution in [0.2, 0.25) is 5.02 Å². The number of anilines is 1. The van der Waals surface area contributed by atoms with Crippen LogP contribution in [0.4, 0.5) is 5.69 Å². The number of nitrogens with zero attached hydrogens (tertiary/aromatic N) is 2. The Bertz CT molecular complexity index is 1180. The number of hydrogen-bond donors (Lipinski definition) is 1. The molecule has 6 nitrogen and oxygen atoms in total. The highest BCUT2D eigenvalue weighted by molar-refractivity contribution is 7.18. The third-order valence-corrected chi connectivity index (χ3v) is 5.97. The molecule has 140 valence electrons. The maximum Gasteiger partial charge on any atom is 0.350 e. The van der Waals surface area contributed by atoms with Crippen molar-refractivity contribution >= 4 is 63.3 Å². The maximum absolute atomic E-state index is 12.7. The second-order valence-electron chi connectivity index (χ2n) is 5.77. The molecule has 0 spiro atoms. The number of rotatable bonds is 4. The molecule has 2 aromatic heterocycles. The van der Waals surface area contributed by atoms with Crippen LogP contribution in [-0.4, -0.2) is 27.7 Å². The molecule has 2 heterocycles. The van der Waals surface area contributed by atoms with Gasteiger partial charge in [-0.3, -0.25) is 4.79 Å². The monoisotopic (exact) mass is 429 g/mol. The lowest BCUT2D eigenvalue weighted by Gasteiger charge is -2.05. The summed E-state index contributed by atoms with van der Waals surface area (Å²) in [6.45, 7) is 0. The highest BCUT2D eigenvalue weighted by atomic mass is 35.5. The summed E-state index contributed by atoms with van der Waals surface area (Å²) in [5.41, 5.74) is 3.09. The molecule has 0 aliphatic carbocycles. The number of aromatic nitrogens is 2. The van der Waals surface area contributed by atoms with Gasteiger partial charge >= 0.3 is 5.97 Å². The molecule has 4 aromatic rings. The van der Waals surface area contributed by atoms with Crippen LogP contribution in [0, 0.1) is 0 Å². The van der Waals surface area contributed by atoms with Gasteiger partial charge in [0.2, 0.25) is 0 Å². The van der Waals surface area contributed by atoms with Crippen molar-refractivity contribution in [1.29, 1.82) is 0 Å². The molecular weight excluding hydrogens is 418 g/mol. The van der Waals surface area contributed by atoms with Crippen molar-refractivity contribution in [1.82, 2.24) is 8.75 Å². The molecular formula is C19H12ClN3O3S2. The molecule has 0 saturated heterocycles. The van der Waals surface area contributed by atoms with Gasteiger partial charge in [-0.05, 0) is 42.0 Å². The van der Waals surface area contributed by atoms with Gasteiger partial charge in [0.05, 0.1) is 24.5 Å².